The smallest absolute Gasteiger partial charge is 0.246 e. The van der Waals surface area contributed by atoms with Gasteiger partial charge in [-0.25, -0.2) is 0 Å². The fraction of sp³-hybridized carbons (Fsp3) is 0.350. The maximum atomic E-state index is 13.1. The van der Waals surface area contributed by atoms with Crippen molar-refractivity contribution in [3.63, 3.8) is 0 Å². The highest BCUT2D eigenvalue weighted by Crippen LogP contribution is 2.28. The molecular weight excluding hydrogens is 316 g/mol. The van der Waals surface area contributed by atoms with Gasteiger partial charge in [-0.2, -0.15) is 0 Å². The van der Waals surface area contributed by atoms with Gasteiger partial charge in [-0.15, -0.1) is 0 Å². The summed E-state index contributed by atoms with van der Waals surface area (Å²) < 4.78 is 11.1. The molecule has 1 aliphatic heterocycles. The molecule has 0 radical (unpaired) electrons. The summed E-state index contributed by atoms with van der Waals surface area (Å²) in [5, 5.41) is 3.04. The molecule has 0 spiro atoms. The third-order valence-electron chi connectivity index (χ3n) is 4.22. The normalized spacial score (nSPS) is 16.2. The molecule has 0 aliphatic carbocycles. The minimum atomic E-state index is -0.347. The van der Waals surface area contributed by atoms with E-state index in [1.807, 2.05) is 61.5 Å². The van der Waals surface area contributed by atoms with Gasteiger partial charge in [0.15, 0.2) is 0 Å². The van der Waals surface area contributed by atoms with Crippen molar-refractivity contribution in [3.05, 3.63) is 60.2 Å². The van der Waals surface area contributed by atoms with Crippen molar-refractivity contribution in [2.45, 2.75) is 13.0 Å². The number of para-hydroxylation sites is 2. The van der Waals surface area contributed by atoms with Crippen molar-refractivity contribution in [1.29, 1.82) is 0 Å². The average Bonchev–Trinajstić information content (AvgIpc) is 2.65. The van der Waals surface area contributed by atoms with Crippen molar-refractivity contribution in [2.24, 2.45) is 0 Å². The van der Waals surface area contributed by atoms with Crippen LogP contribution in [0.4, 0.5) is 5.69 Å². The Morgan fingerprint density at radius 1 is 1.12 bits per heavy atom. The monoisotopic (exact) mass is 340 g/mol. The molecule has 0 saturated carbocycles. The highest BCUT2D eigenvalue weighted by molar-refractivity contribution is 5.96. The van der Waals surface area contributed by atoms with E-state index in [2.05, 4.69) is 10.2 Å². The number of carbonyl (C=O) groups is 1. The lowest BCUT2D eigenvalue weighted by Gasteiger charge is -2.33. The van der Waals surface area contributed by atoms with Crippen LogP contribution in [0.2, 0.25) is 0 Å². The lowest BCUT2D eigenvalue weighted by molar-refractivity contribution is -0.123. The maximum Gasteiger partial charge on any atom is 0.246 e. The van der Waals surface area contributed by atoms with Crippen LogP contribution >= 0.6 is 0 Å². The molecule has 1 amide bonds. The fourth-order valence-electron chi connectivity index (χ4n) is 3.05. The van der Waals surface area contributed by atoms with Gasteiger partial charge in [0.25, 0.3) is 0 Å². The van der Waals surface area contributed by atoms with Gasteiger partial charge in [-0.05, 0) is 24.6 Å². The van der Waals surface area contributed by atoms with Gasteiger partial charge in [-0.1, -0.05) is 42.5 Å². The van der Waals surface area contributed by atoms with Crippen LogP contribution in [-0.4, -0.2) is 43.7 Å². The van der Waals surface area contributed by atoms with Gasteiger partial charge >= 0.3 is 0 Å². The molecule has 0 unspecified atom stereocenters. The number of carbonyl (C=O) groups excluding carboxylic acids is 1. The Bertz CT molecular complexity index is 684. The lowest BCUT2D eigenvalue weighted by atomic mass is 10.0. The molecule has 25 heavy (non-hydrogen) atoms. The van der Waals surface area contributed by atoms with Crippen LogP contribution in [0, 0.1) is 0 Å². The molecule has 1 heterocycles. The van der Waals surface area contributed by atoms with Crippen LogP contribution in [0.25, 0.3) is 0 Å². The third-order valence-corrected chi connectivity index (χ3v) is 4.22. The zero-order chi connectivity index (χ0) is 17.5. The van der Waals surface area contributed by atoms with Crippen LogP contribution in [-0.2, 0) is 9.53 Å². The first-order chi connectivity index (χ1) is 12.3. The van der Waals surface area contributed by atoms with Crippen molar-refractivity contribution in [3.8, 4) is 5.75 Å². The number of rotatable bonds is 6. The molecule has 2 aromatic rings. The van der Waals surface area contributed by atoms with E-state index >= 15 is 0 Å². The van der Waals surface area contributed by atoms with Crippen LogP contribution in [0.3, 0.4) is 0 Å². The Balaban J connectivity index is 1.84. The van der Waals surface area contributed by atoms with Gasteiger partial charge in [-0.3, -0.25) is 9.69 Å². The van der Waals surface area contributed by atoms with Crippen LogP contribution in [0.15, 0.2) is 54.6 Å². The topological polar surface area (TPSA) is 50.8 Å². The molecule has 1 aliphatic rings. The minimum absolute atomic E-state index is 0.0553. The van der Waals surface area contributed by atoms with E-state index in [9.17, 15) is 4.79 Å². The second-order valence-electron chi connectivity index (χ2n) is 5.88. The van der Waals surface area contributed by atoms with Crippen molar-refractivity contribution in [2.75, 3.05) is 38.2 Å². The van der Waals surface area contributed by atoms with Gasteiger partial charge < -0.3 is 14.8 Å². The number of benzene rings is 2. The second kappa shape index (κ2) is 8.65. The molecular formula is C20H24N2O3. The van der Waals surface area contributed by atoms with Crippen LogP contribution in [0.5, 0.6) is 5.75 Å². The molecule has 0 bridgehead atoms. The van der Waals surface area contributed by atoms with Crippen LogP contribution in [0.1, 0.15) is 18.5 Å². The molecule has 1 atom stereocenters. The van der Waals surface area contributed by atoms with Gasteiger partial charge in [0.05, 0.1) is 25.5 Å². The lowest BCUT2D eigenvalue weighted by Crippen LogP contribution is -2.43. The Labute approximate surface area is 148 Å². The highest BCUT2D eigenvalue weighted by Gasteiger charge is 2.29. The summed E-state index contributed by atoms with van der Waals surface area (Å²) in [7, 11) is 0. The summed E-state index contributed by atoms with van der Waals surface area (Å²) >= 11 is 0. The largest absolute Gasteiger partial charge is 0.492 e. The van der Waals surface area contributed by atoms with Gasteiger partial charge in [0.1, 0.15) is 11.8 Å². The zero-order valence-electron chi connectivity index (χ0n) is 14.5. The van der Waals surface area contributed by atoms with Crippen molar-refractivity contribution >= 4 is 11.6 Å². The summed E-state index contributed by atoms with van der Waals surface area (Å²) in [6, 6.07) is 17.1. The van der Waals surface area contributed by atoms with E-state index in [4.69, 9.17) is 9.47 Å². The first-order valence-corrected chi connectivity index (χ1v) is 8.69. The van der Waals surface area contributed by atoms with E-state index in [0.29, 0.717) is 31.3 Å². The molecule has 1 saturated heterocycles. The Kier molecular flexibility index (Phi) is 6.04. The fourth-order valence-corrected chi connectivity index (χ4v) is 3.05. The molecule has 1 N–H and O–H groups in total. The van der Waals surface area contributed by atoms with Crippen LogP contribution < -0.4 is 10.1 Å². The summed E-state index contributed by atoms with van der Waals surface area (Å²) in [5.74, 6) is 0.632. The second-order valence-corrected chi connectivity index (χ2v) is 5.88. The Morgan fingerprint density at radius 2 is 1.80 bits per heavy atom. The standard InChI is InChI=1S/C20H24N2O3/c1-2-25-18-11-7-6-10-17(18)21-20(23)19(16-8-4-3-5-9-16)22-12-14-24-15-13-22/h3-11,19H,2,12-15H2,1H3,(H,21,23)/t19-/m0/s1. The summed E-state index contributed by atoms with van der Waals surface area (Å²) in [4.78, 5) is 15.3. The predicted octanol–water partition coefficient (Wildman–Crippen LogP) is 3.10. The van der Waals surface area contributed by atoms with Gasteiger partial charge in [0, 0.05) is 13.1 Å². The molecule has 2 aromatic carbocycles. The number of hydrogen-bond acceptors (Lipinski definition) is 4. The van der Waals surface area contributed by atoms with Gasteiger partial charge in [0.2, 0.25) is 5.91 Å². The van der Waals surface area contributed by atoms with E-state index < -0.39 is 0 Å². The Morgan fingerprint density at radius 3 is 2.52 bits per heavy atom. The van der Waals surface area contributed by atoms with E-state index in [0.717, 1.165) is 18.7 Å². The van der Waals surface area contributed by atoms with E-state index in [-0.39, 0.29) is 11.9 Å². The van der Waals surface area contributed by atoms with E-state index in [1.54, 1.807) is 0 Å². The number of ether oxygens (including phenoxy) is 2. The number of nitrogens with one attached hydrogen (secondary N) is 1. The number of amides is 1. The summed E-state index contributed by atoms with van der Waals surface area (Å²) in [6.45, 7) is 5.25. The molecule has 0 aromatic heterocycles. The van der Waals surface area contributed by atoms with E-state index in [1.165, 1.54) is 0 Å². The quantitative estimate of drug-likeness (QED) is 0.878. The molecule has 5 heteroatoms. The summed E-state index contributed by atoms with van der Waals surface area (Å²) in [5.41, 5.74) is 1.68. The Hall–Kier alpha value is -2.37. The maximum absolute atomic E-state index is 13.1. The zero-order valence-corrected chi connectivity index (χ0v) is 14.5. The first kappa shape index (κ1) is 17.5. The third kappa shape index (κ3) is 4.38. The molecule has 3 rings (SSSR count). The predicted molar refractivity (Wildman–Crippen MR) is 97.8 cm³/mol. The number of morpholine rings is 1. The number of anilines is 1. The molecule has 5 nitrogen and oxygen atoms in total. The van der Waals surface area contributed by atoms with Crippen molar-refractivity contribution < 1.29 is 14.3 Å². The molecule has 132 valence electrons. The van der Waals surface area contributed by atoms with Crippen molar-refractivity contribution in [1.82, 2.24) is 4.90 Å². The number of nitrogens with zero attached hydrogens (tertiary/aromatic N) is 1. The number of hydrogen-bond donors (Lipinski definition) is 1. The SMILES string of the molecule is CCOc1ccccc1NC(=O)[C@H](c1ccccc1)N1CCOCC1. The molecule has 1 fully saturated rings. The average molecular weight is 340 g/mol. The highest BCUT2D eigenvalue weighted by atomic mass is 16.5. The minimum Gasteiger partial charge on any atom is -0.492 e. The summed E-state index contributed by atoms with van der Waals surface area (Å²) in [6.07, 6.45) is 0. The first-order valence-electron chi connectivity index (χ1n) is 8.69.